The normalized spacial score (nSPS) is 10.8. The third-order valence-electron chi connectivity index (χ3n) is 12.0. The Morgan fingerprint density at radius 2 is 0.671 bits per heavy atom. The van der Waals surface area contributed by atoms with Gasteiger partial charge in [-0.05, 0) is 89.6 Å². The van der Waals surface area contributed by atoms with Gasteiger partial charge in [-0.25, -0.2) is 24.9 Å². The summed E-state index contributed by atoms with van der Waals surface area (Å²) in [6.45, 7) is 0. The van der Waals surface area contributed by atoms with E-state index < -0.39 is 0 Å². The minimum absolute atomic E-state index is 0. The number of imidazole rings is 1. The van der Waals surface area contributed by atoms with E-state index in [-0.39, 0.29) is 44.6 Å². The van der Waals surface area contributed by atoms with Crippen molar-refractivity contribution in [3.63, 3.8) is 0 Å². The van der Waals surface area contributed by atoms with Gasteiger partial charge in [0.1, 0.15) is 5.82 Å². The van der Waals surface area contributed by atoms with Crippen molar-refractivity contribution in [1.29, 1.82) is 0 Å². The summed E-state index contributed by atoms with van der Waals surface area (Å²) in [4.78, 5) is 36.4. The Morgan fingerprint density at radius 1 is 0.300 bits per heavy atom. The van der Waals surface area contributed by atoms with Crippen molar-refractivity contribution in [2.45, 2.75) is 0 Å². The molecule has 0 aliphatic heterocycles. The first-order valence-corrected chi connectivity index (χ1v) is 22.1. The number of hydrogen-bond donors (Lipinski definition) is 1. The zero-order chi connectivity index (χ0) is 44.5. The molecule has 14 aromatic rings. The number of benzene rings is 7. The number of aromatic amines is 1. The van der Waals surface area contributed by atoms with Gasteiger partial charge in [0, 0.05) is 50.3 Å². The molecule has 0 radical (unpaired) electrons. The van der Waals surface area contributed by atoms with Crippen LogP contribution in [0, 0.1) is 0 Å². The minimum atomic E-state index is 0. The van der Waals surface area contributed by atoms with Crippen LogP contribution >= 0.6 is 0 Å². The van der Waals surface area contributed by atoms with Crippen molar-refractivity contribution < 1.29 is 44.6 Å². The number of halogens is 2. The number of rotatable bonds is 3. The summed E-state index contributed by atoms with van der Waals surface area (Å²) in [5.41, 5.74) is 12.4. The molecule has 7 aromatic carbocycles. The van der Waals surface area contributed by atoms with Crippen LogP contribution in [0.1, 0.15) is 0 Å². The topological polar surface area (TPSA) is 106 Å². The molecule has 7 heterocycles. The predicted molar refractivity (Wildman–Crippen MR) is 275 cm³/mol. The molecule has 0 unspecified atom stereocenters. The van der Waals surface area contributed by atoms with Gasteiger partial charge in [-0.1, -0.05) is 133 Å². The van der Waals surface area contributed by atoms with Crippen molar-refractivity contribution in [2.24, 2.45) is 0 Å². The van der Waals surface area contributed by atoms with E-state index in [9.17, 15) is 0 Å². The van der Waals surface area contributed by atoms with Gasteiger partial charge >= 0.3 is 19.8 Å². The van der Waals surface area contributed by atoms with Crippen LogP contribution in [0.4, 0.5) is 0 Å². The molecular weight excluding hydrogens is 1080 g/mol. The van der Waals surface area contributed by atoms with E-state index in [1.165, 1.54) is 10.8 Å². The second kappa shape index (κ2) is 20.7. The first-order chi connectivity index (χ1) is 33.2. The fraction of sp³-hybridized carbons (Fsp3) is 0. The molecule has 8 nitrogen and oxygen atoms in total. The number of aromatic nitrogens is 8. The summed E-state index contributed by atoms with van der Waals surface area (Å²) in [5.74, 6) is 0.859. The summed E-state index contributed by atoms with van der Waals surface area (Å²) in [6.07, 6.45) is 3.61. The number of nitrogens with zero attached hydrogens (tertiary/aromatic N) is 7. The van der Waals surface area contributed by atoms with Gasteiger partial charge in [-0.3, -0.25) is 9.97 Å². The first-order valence-electron chi connectivity index (χ1n) is 22.1. The Hall–Kier alpha value is -8.05. The molecule has 70 heavy (non-hydrogen) atoms. The number of nitrogens with one attached hydrogen (secondary N) is 1. The maximum atomic E-state index is 4.94. The summed E-state index contributed by atoms with van der Waals surface area (Å²) in [5, 5.41) is 9.08. The fourth-order valence-electron chi connectivity index (χ4n) is 8.65. The third-order valence-corrected chi connectivity index (χ3v) is 12.0. The van der Waals surface area contributed by atoms with E-state index in [1.54, 1.807) is 6.20 Å². The van der Waals surface area contributed by atoms with Crippen molar-refractivity contribution in [3.05, 3.63) is 225 Å². The fourth-order valence-corrected chi connectivity index (χ4v) is 8.65. The Bertz CT molecular complexity index is 3780. The molecule has 11 heteroatoms. The molecule has 0 amide bonds. The zero-order valence-corrected chi connectivity index (χ0v) is 41.2. The molecule has 0 aliphatic carbocycles. The number of hydrogen-bond acceptors (Lipinski definition) is 7. The molecule has 0 aliphatic rings. The van der Waals surface area contributed by atoms with Gasteiger partial charge in [0.05, 0.1) is 66.9 Å². The molecule has 0 spiro atoms. The van der Waals surface area contributed by atoms with Gasteiger partial charge in [0.25, 0.3) is 0 Å². The van der Waals surface area contributed by atoms with Gasteiger partial charge in [0.2, 0.25) is 0 Å². The van der Waals surface area contributed by atoms with Crippen LogP contribution < -0.4 is 24.8 Å². The van der Waals surface area contributed by atoms with Crippen LogP contribution in [0.25, 0.3) is 121 Å². The third kappa shape index (κ3) is 9.26. The largest absolute Gasteiger partial charge is 6.00 e. The Labute approximate surface area is 427 Å². The number of para-hydroxylation sites is 4. The van der Waals surface area contributed by atoms with E-state index in [2.05, 4.69) is 138 Å². The van der Waals surface area contributed by atoms with Crippen LogP contribution in [0.5, 0.6) is 0 Å². The predicted octanol–water partition coefficient (Wildman–Crippen LogP) is 8.39. The van der Waals surface area contributed by atoms with Gasteiger partial charge < -0.3 is 29.8 Å². The molecule has 0 saturated carbocycles. The molecule has 7 aromatic heterocycles. The Balaban J connectivity index is 0.000000130. The van der Waals surface area contributed by atoms with Crippen molar-refractivity contribution in [3.8, 4) is 34.2 Å². The maximum absolute atomic E-state index is 4.94. The number of fused-ring (bicyclic) bond motifs is 11. The van der Waals surface area contributed by atoms with Crippen LogP contribution in [-0.4, -0.2) is 39.9 Å². The molecule has 0 bridgehead atoms. The zero-order valence-electron chi connectivity index (χ0n) is 37.1. The molecule has 14 rings (SSSR count). The summed E-state index contributed by atoms with van der Waals surface area (Å²) in [6, 6.07) is 71.8. The average molecular weight is 1120 g/mol. The van der Waals surface area contributed by atoms with Crippen LogP contribution in [0.2, 0.25) is 0 Å². The molecule has 1 N–H and O–H groups in total. The maximum Gasteiger partial charge on any atom is 6.00 e. The van der Waals surface area contributed by atoms with E-state index in [0.717, 1.165) is 111 Å². The monoisotopic (exact) mass is 1120 g/mol. The van der Waals surface area contributed by atoms with E-state index in [1.807, 2.05) is 115 Å². The number of H-pyrrole nitrogens is 1. The minimum Gasteiger partial charge on any atom is -1.00 e. The number of pyridine rings is 6. The summed E-state index contributed by atoms with van der Waals surface area (Å²) in [7, 11) is 0. The smallest absolute Gasteiger partial charge is 1.00 e. The van der Waals surface area contributed by atoms with E-state index in [0.29, 0.717) is 0 Å². The van der Waals surface area contributed by atoms with Crippen LogP contribution in [-0.2, 0) is 19.8 Å². The molecule has 0 fully saturated rings. The van der Waals surface area contributed by atoms with Crippen molar-refractivity contribution >= 4 is 87.2 Å². The van der Waals surface area contributed by atoms with Crippen molar-refractivity contribution in [1.82, 2.24) is 39.9 Å². The summed E-state index contributed by atoms with van der Waals surface area (Å²) >= 11 is 0. The second-order valence-electron chi connectivity index (χ2n) is 16.2. The SMILES string of the molecule is [Cl-].[Cl-].[Os+6].c1ccc2cc(-c3nc4c5cccnc5c5ncccc5c4[nH]3)ccc2c1.c1ccc2nc(-c3ccc4ccccc4n3)ccc2c1.c1ccc2nc(-c3ccc4ccccc4n3)ccc2c1. The van der Waals surface area contributed by atoms with Crippen LogP contribution in [0.15, 0.2) is 225 Å². The van der Waals surface area contributed by atoms with Crippen molar-refractivity contribution in [2.75, 3.05) is 0 Å². The Morgan fingerprint density at radius 3 is 1.13 bits per heavy atom. The van der Waals surface area contributed by atoms with Gasteiger partial charge in [0.15, 0.2) is 0 Å². The molecule has 0 atom stereocenters. The molecule has 332 valence electrons. The quantitative estimate of drug-likeness (QED) is 0.177. The average Bonchev–Trinajstić information content (AvgIpc) is 3.87. The molecule has 0 saturated heterocycles. The van der Waals surface area contributed by atoms with Gasteiger partial charge in [-0.2, -0.15) is 0 Å². The van der Waals surface area contributed by atoms with E-state index in [4.69, 9.17) is 4.98 Å². The van der Waals surface area contributed by atoms with Gasteiger partial charge in [-0.15, -0.1) is 0 Å². The Kier molecular flexibility index (Phi) is 13.9. The van der Waals surface area contributed by atoms with E-state index >= 15 is 0 Å². The summed E-state index contributed by atoms with van der Waals surface area (Å²) < 4.78 is 0. The first kappa shape index (κ1) is 47.0. The van der Waals surface area contributed by atoms with Crippen LogP contribution in [0.3, 0.4) is 0 Å². The second-order valence-corrected chi connectivity index (χ2v) is 16.2. The standard InChI is InChI=1S/C23H14N4.2C18H12N2.2ClH.Os/c1-2-6-15-13-16(10-9-14(15)5-1)23-26-21-17-7-3-11-24-19(17)20-18(22(21)27-23)8-4-12-25-20;2*1-3-7-15-13(5-1)9-11-17(19-15)18-12-10-14-6-2-4-8-16(14)20-18;;;/h1-13H,(H,26,27);2*1-12H;2*1H;/q;;;;;+6/p-2. The molecular formula is C59H38Cl2N8Os+4.